The lowest BCUT2D eigenvalue weighted by atomic mass is 10.0. The van der Waals surface area contributed by atoms with Crippen molar-refractivity contribution < 1.29 is 76.2 Å². The fraction of sp³-hybridized carbons (Fsp3) is 0.275. The quantitative estimate of drug-likeness (QED) is 0.139. The molecule has 7 rings (SSSR count). The van der Waals surface area contributed by atoms with Gasteiger partial charge in [0, 0.05) is 37.6 Å². The van der Waals surface area contributed by atoms with Gasteiger partial charge < -0.3 is 19.6 Å². The molecule has 0 saturated heterocycles. The smallest absolute Gasteiger partial charge is 0.437 e. The van der Waals surface area contributed by atoms with Crippen molar-refractivity contribution in [3.8, 4) is 40.0 Å². The number of hydrogen-bond acceptors (Lipinski definition) is 5. The number of aromatic carboxylic acids is 1. The van der Waals surface area contributed by atoms with E-state index in [9.17, 15) is 71.1 Å². The lowest BCUT2D eigenvalue weighted by molar-refractivity contribution is -0.351. The van der Waals surface area contributed by atoms with Crippen LogP contribution in [0.2, 0.25) is 10.0 Å². The van der Waals surface area contributed by atoms with Gasteiger partial charge in [-0.25, -0.2) is 22.9 Å². The largest absolute Gasteiger partial charge is 0.478 e. The van der Waals surface area contributed by atoms with E-state index in [4.69, 9.17) is 33.6 Å². The zero-order chi connectivity index (χ0) is 50.0. The third-order valence-corrected chi connectivity index (χ3v) is 11.1. The molecule has 4 heterocycles. The Balaban J connectivity index is 0.000000224. The molecule has 6 aromatic rings. The normalized spacial score (nSPS) is 14.3. The highest BCUT2D eigenvalue weighted by Gasteiger charge is 2.75. The number of benzene rings is 2. The van der Waals surface area contributed by atoms with Crippen molar-refractivity contribution in [2.45, 2.75) is 54.4 Å². The Morgan fingerprint density at radius 3 is 1.34 bits per heavy atom. The number of alkyl halides is 14. The maximum atomic E-state index is 14.5. The van der Waals surface area contributed by atoms with Gasteiger partial charge in [0.15, 0.2) is 0 Å². The number of rotatable bonds is 9. The molecule has 1 saturated carbocycles. The maximum Gasteiger partial charge on any atom is 0.437 e. The fourth-order valence-corrected chi connectivity index (χ4v) is 7.07. The second-order valence-electron chi connectivity index (χ2n) is 14.8. The van der Waals surface area contributed by atoms with Crippen LogP contribution in [0.3, 0.4) is 0 Å². The van der Waals surface area contributed by atoms with E-state index in [1.165, 1.54) is 61.2 Å². The molecule has 1 aliphatic rings. The van der Waals surface area contributed by atoms with E-state index < -0.39 is 64.8 Å². The van der Waals surface area contributed by atoms with E-state index in [2.05, 4.69) is 15.5 Å². The van der Waals surface area contributed by atoms with Crippen LogP contribution in [0.4, 0.5) is 61.5 Å². The van der Waals surface area contributed by atoms with Gasteiger partial charge in [-0.2, -0.15) is 68.1 Å². The number of hydrogen-bond donors (Lipinski definition) is 2. The predicted molar refractivity (Wildman–Crippen MR) is 208 cm³/mol. The lowest BCUT2D eigenvalue weighted by Gasteiger charge is -2.30. The van der Waals surface area contributed by atoms with Crippen LogP contribution in [0, 0.1) is 11.3 Å². The molecule has 4 aromatic heterocycles. The molecular weight excluding hydrogens is 977 g/mol. The van der Waals surface area contributed by atoms with E-state index in [1.54, 1.807) is 0 Å². The Morgan fingerprint density at radius 2 is 1.00 bits per heavy atom. The average Bonchev–Trinajstić information content (AvgIpc) is 3.68. The van der Waals surface area contributed by atoms with Gasteiger partial charge in [0.2, 0.25) is 0 Å². The zero-order valence-corrected chi connectivity index (χ0v) is 35.0. The predicted octanol–water partition coefficient (Wildman–Crippen LogP) is 11.1. The van der Waals surface area contributed by atoms with Gasteiger partial charge in [-0.15, -0.1) is 0 Å². The van der Waals surface area contributed by atoms with Crippen molar-refractivity contribution in [2.75, 3.05) is 0 Å². The molecule has 0 radical (unpaired) electrons. The first kappa shape index (κ1) is 49.9. The van der Waals surface area contributed by atoms with Crippen molar-refractivity contribution in [1.29, 1.82) is 5.26 Å². The van der Waals surface area contributed by atoms with Crippen LogP contribution in [-0.4, -0.2) is 75.9 Å². The van der Waals surface area contributed by atoms with E-state index >= 15 is 0 Å². The van der Waals surface area contributed by atoms with Gasteiger partial charge in [-0.3, -0.25) is 4.79 Å². The molecule has 0 unspecified atom stereocenters. The SMILES string of the molecule is Cn1c(-n2cc(-c3ccc(Cl)c(C(=O)NC4(C#N)CC4)c3)cn2)ccc1C(F)(C(F)(F)F)C(F)(F)F.Cn1c(-n2cc(-c3ccc(Cl)c(C(=O)O)c3)cn2)ccc1C(F)(C(F)(F)F)C(F)(F)F. The molecule has 1 fully saturated rings. The Morgan fingerprint density at radius 1 is 0.627 bits per heavy atom. The number of carbonyl (C=O) groups excluding carboxylic acids is 1. The van der Waals surface area contributed by atoms with Crippen LogP contribution >= 0.6 is 23.2 Å². The summed E-state index contributed by atoms with van der Waals surface area (Å²) in [4.78, 5) is 23.8. The minimum Gasteiger partial charge on any atom is -0.478 e. The molecule has 2 N–H and O–H groups in total. The van der Waals surface area contributed by atoms with Crippen LogP contribution in [0.1, 0.15) is 44.9 Å². The van der Waals surface area contributed by atoms with Gasteiger partial charge in [0.05, 0.1) is 51.0 Å². The number of aromatic nitrogens is 6. The molecule has 0 atom stereocenters. The number of halogens is 16. The van der Waals surface area contributed by atoms with Crippen LogP contribution in [0.15, 0.2) is 85.5 Å². The molecule has 1 aliphatic carbocycles. The molecule has 67 heavy (non-hydrogen) atoms. The number of nitrogens with zero attached hydrogens (tertiary/aromatic N) is 7. The topological polar surface area (TPSA) is 136 Å². The monoisotopic (exact) mass is 1000 g/mol. The maximum absolute atomic E-state index is 14.5. The van der Waals surface area contributed by atoms with Gasteiger partial charge in [0.25, 0.3) is 5.91 Å². The fourth-order valence-electron chi connectivity index (χ4n) is 6.67. The summed E-state index contributed by atoms with van der Waals surface area (Å²) < 4.78 is 189. The van der Waals surface area contributed by atoms with Crippen LogP contribution in [0.25, 0.3) is 33.9 Å². The second-order valence-corrected chi connectivity index (χ2v) is 15.6. The number of carboxylic acids is 1. The van der Waals surface area contributed by atoms with Crippen LogP contribution in [0.5, 0.6) is 0 Å². The highest BCUT2D eigenvalue weighted by atomic mass is 35.5. The molecule has 0 aliphatic heterocycles. The number of carboxylic acid groups (broad SMARTS) is 1. The molecule has 0 bridgehead atoms. The number of carbonyl (C=O) groups is 2. The van der Waals surface area contributed by atoms with Crippen molar-refractivity contribution >= 4 is 35.1 Å². The third-order valence-electron chi connectivity index (χ3n) is 10.5. The van der Waals surface area contributed by atoms with Crippen LogP contribution < -0.4 is 5.32 Å². The highest BCUT2D eigenvalue weighted by Crippen LogP contribution is 2.55. The molecule has 27 heteroatoms. The summed E-state index contributed by atoms with van der Waals surface area (Å²) >= 11 is 11.9. The summed E-state index contributed by atoms with van der Waals surface area (Å²) in [5.74, 6) is -2.45. The molecule has 2 aromatic carbocycles. The first-order chi connectivity index (χ1) is 30.8. The summed E-state index contributed by atoms with van der Waals surface area (Å²) in [6.45, 7) is 0. The van der Waals surface area contributed by atoms with Gasteiger partial charge >= 0.3 is 42.0 Å². The molecule has 356 valence electrons. The van der Waals surface area contributed by atoms with Gasteiger partial charge in [0.1, 0.15) is 17.2 Å². The van der Waals surface area contributed by atoms with E-state index in [1.807, 2.05) is 6.07 Å². The highest BCUT2D eigenvalue weighted by molar-refractivity contribution is 6.34. The number of nitrogens with one attached hydrogen (secondary N) is 1. The summed E-state index contributed by atoms with van der Waals surface area (Å²) in [7, 11) is 1.69. The van der Waals surface area contributed by atoms with Crippen LogP contribution in [-0.2, 0) is 25.4 Å². The minimum absolute atomic E-state index is 0.0331. The van der Waals surface area contributed by atoms with Crippen molar-refractivity contribution in [1.82, 2.24) is 34.0 Å². The van der Waals surface area contributed by atoms with Gasteiger partial charge in [-0.05, 0) is 72.5 Å². The first-order valence-corrected chi connectivity index (χ1v) is 19.2. The summed E-state index contributed by atoms with van der Waals surface area (Å²) in [5, 5.41) is 28.8. The zero-order valence-electron chi connectivity index (χ0n) is 33.4. The van der Waals surface area contributed by atoms with E-state index in [0.717, 1.165) is 35.6 Å². The van der Waals surface area contributed by atoms with E-state index in [0.29, 0.717) is 56.4 Å². The Bertz CT molecular complexity index is 2890. The van der Waals surface area contributed by atoms with Gasteiger partial charge in [-0.1, -0.05) is 35.3 Å². The first-order valence-electron chi connectivity index (χ1n) is 18.5. The van der Waals surface area contributed by atoms with Crippen molar-refractivity contribution in [3.63, 3.8) is 0 Å². The van der Waals surface area contributed by atoms with Crippen molar-refractivity contribution in [2.24, 2.45) is 14.1 Å². The summed E-state index contributed by atoms with van der Waals surface area (Å²) in [6.07, 6.45) is -19.0. The number of nitriles is 1. The molecule has 0 spiro atoms. The minimum atomic E-state index is -6.26. The lowest BCUT2D eigenvalue weighted by Crippen LogP contribution is -2.51. The molecule has 11 nitrogen and oxygen atoms in total. The van der Waals surface area contributed by atoms with E-state index in [-0.39, 0.29) is 32.8 Å². The Labute approximate surface area is 376 Å². The molecule has 1 amide bonds. The summed E-state index contributed by atoms with van der Waals surface area (Å²) in [5.41, 5.74) is -14.3. The number of amides is 1. The average molecular weight is 1000 g/mol. The third kappa shape index (κ3) is 8.90. The van der Waals surface area contributed by atoms with Crippen molar-refractivity contribution in [3.05, 3.63) is 118 Å². The second kappa shape index (κ2) is 17.0. The standard InChI is InChI=1S/C22H15ClF7N5O.C18H11ClF7N3O2/c1-34-16(20(24,21(25,26)27)22(28,29)30)4-5-17(34)35-10-13(9-32-35)12-2-3-15(23)14(8-12)18(36)33-19(11-31)6-7-19;1-28-13(16(20,17(21,22)23)18(24,25)26)4-5-14(28)29-8-10(7-27-29)9-2-3-12(19)11(6-9)15(30)31/h2-5,8-10H,6-7H2,1H3,(H,33,36);2-8H,1H3,(H,30,31). The molecular formula is C40H26Cl2F14N8O3. The Kier molecular flexibility index (Phi) is 12.6. The summed E-state index contributed by atoms with van der Waals surface area (Å²) in [6, 6.07) is 12.8. The Hall–Kier alpha value is -6.55.